The standard InChI is InChI=1S/C20H19N5O2S/c1-28(26,27)24-17-8-6-15(7-9-17)18-13-23-25-11-10-22-19(20(18)25)16-4-2-14(12-21)3-5-16/h4,6-11,13-14,24H,2-3,5H2,1H3. The van der Waals surface area contributed by atoms with Crippen molar-refractivity contribution in [3.8, 4) is 17.2 Å². The molecule has 0 fully saturated rings. The van der Waals surface area contributed by atoms with E-state index < -0.39 is 10.0 Å². The van der Waals surface area contributed by atoms with Gasteiger partial charge in [0.25, 0.3) is 0 Å². The Morgan fingerprint density at radius 2 is 2.07 bits per heavy atom. The maximum absolute atomic E-state index is 11.4. The lowest BCUT2D eigenvalue weighted by Crippen LogP contribution is -2.09. The van der Waals surface area contributed by atoms with E-state index >= 15 is 0 Å². The summed E-state index contributed by atoms with van der Waals surface area (Å²) >= 11 is 0. The molecule has 8 heteroatoms. The lowest BCUT2D eigenvalue weighted by molar-refractivity contribution is 0.603. The van der Waals surface area contributed by atoms with E-state index in [0.717, 1.165) is 53.4 Å². The summed E-state index contributed by atoms with van der Waals surface area (Å²) in [6, 6.07) is 9.52. The highest BCUT2D eigenvalue weighted by molar-refractivity contribution is 7.92. The van der Waals surface area contributed by atoms with Gasteiger partial charge in [-0.25, -0.2) is 12.9 Å². The fourth-order valence-corrected chi connectivity index (χ4v) is 4.05. The molecule has 1 aliphatic rings. The van der Waals surface area contributed by atoms with Crippen molar-refractivity contribution in [1.29, 1.82) is 5.26 Å². The van der Waals surface area contributed by atoms with Gasteiger partial charge < -0.3 is 0 Å². The summed E-state index contributed by atoms with van der Waals surface area (Å²) < 4.78 is 27.1. The van der Waals surface area contributed by atoms with Gasteiger partial charge in [-0.15, -0.1) is 0 Å². The number of rotatable bonds is 4. The van der Waals surface area contributed by atoms with Gasteiger partial charge in [0.05, 0.1) is 35.7 Å². The molecule has 4 rings (SSSR count). The minimum absolute atomic E-state index is 0.0720. The molecular weight excluding hydrogens is 374 g/mol. The average molecular weight is 393 g/mol. The zero-order valence-corrected chi connectivity index (χ0v) is 16.1. The van der Waals surface area contributed by atoms with Crippen LogP contribution in [0.15, 0.2) is 48.9 Å². The van der Waals surface area contributed by atoms with Crippen molar-refractivity contribution < 1.29 is 8.42 Å². The molecule has 3 aromatic rings. The third-order valence-electron chi connectivity index (χ3n) is 4.83. The van der Waals surface area contributed by atoms with E-state index in [9.17, 15) is 8.42 Å². The Balaban J connectivity index is 1.75. The Hall–Kier alpha value is -3.18. The summed E-state index contributed by atoms with van der Waals surface area (Å²) in [6.45, 7) is 0. The van der Waals surface area contributed by atoms with Crippen LogP contribution in [0.25, 0.3) is 22.2 Å². The van der Waals surface area contributed by atoms with Gasteiger partial charge in [-0.2, -0.15) is 10.4 Å². The van der Waals surface area contributed by atoms with E-state index in [2.05, 4.69) is 26.9 Å². The first-order chi connectivity index (χ1) is 13.4. The second-order valence-corrected chi connectivity index (χ2v) is 8.66. The van der Waals surface area contributed by atoms with Gasteiger partial charge in [0.15, 0.2) is 0 Å². The van der Waals surface area contributed by atoms with Crippen LogP contribution in [0.3, 0.4) is 0 Å². The smallest absolute Gasteiger partial charge is 0.229 e. The third-order valence-corrected chi connectivity index (χ3v) is 5.43. The van der Waals surface area contributed by atoms with Gasteiger partial charge in [-0.1, -0.05) is 18.2 Å². The minimum atomic E-state index is -3.31. The molecule has 28 heavy (non-hydrogen) atoms. The molecule has 0 saturated heterocycles. The molecule has 1 N–H and O–H groups in total. The second kappa shape index (κ2) is 7.09. The lowest BCUT2D eigenvalue weighted by atomic mass is 9.88. The predicted molar refractivity (Wildman–Crippen MR) is 108 cm³/mol. The molecule has 1 atom stereocenters. The average Bonchev–Trinajstić information content (AvgIpc) is 3.12. The number of nitrogens with zero attached hydrogens (tertiary/aromatic N) is 4. The highest BCUT2D eigenvalue weighted by Gasteiger charge is 2.20. The molecule has 1 aromatic carbocycles. The van der Waals surface area contributed by atoms with Crippen LogP contribution >= 0.6 is 0 Å². The molecule has 0 saturated carbocycles. The SMILES string of the molecule is CS(=O)(=O)Nc1ccc(-c2cnn3ccnc(C4=CCC(C#N)CC4)c23)cc1. The Morgan fingerprint density at radius 1 is 1.29 bits per heavy atom. The Bertz CT molecular complexity index is 1200. The summed E-state index contributed by atoms with van der Waals surface area (Å²) in [6.07, 6.45) is 10.9. The Labute approximate surface area is 163 Å². The van der Waals surface area contributed by atoms with Crippen molar-refractivity contribution in [3.63, 3.8) is 0 Å². The molecule has 1 aliphatic carbocycles. The normalized spacial score (nSPS) is 17.1. The monoisotopic (exact) mass is 393 g/mol. The highest BCUT2D eigenvalue weighted by atomic mass is 32.2. The number of benzene rings is 1. The molecule has 1 unspecified atom stereocenters. The van der Waals surface area contributed by atoms with Crippen LogP contribution in [0.5, 0.6) is 0 Å². The van der Waals surface area contributed by atoms with Gasteiger partial charge in [0.1, 0.15) is 0 Å². The fourth-order valence-electron chi connectivity index (χ4n) is 3.49. The molecule has 142 valence electrons. The van der Waals surface area contributed by atoms with Crippen LogP contribution in [0.1, 0.15) is 25.0 Å². The van der Waals surface area contributed by atoms with E-state index in [1.54, 1.807) is 29.0 Å². The van der Waals surface area contributed by atoms with Gasteiger partial charge in [-0.05, 0) is 42.5 Å². The molecule has 0 aliphatic heterocycles. The van der Waals surface area contributed by atoms with Crippen molar-refractivity contribution in [1.82, 2.24) is 14.6 Å². The van der Waals surface area contributed by atoms with Crippen molar-refractivity contribution in [2.45, 2.75) is 19.3 Å². The number of fused-ring (bicyclic) bond motifs is 1. The number of nitrogens with one attached hydrogen (secondary N) is 1. The zero-order chi connectivity index (χ0) is 19.7. The summed E-state index contributed by atoms with van der Waals surface area (Å²) in [5.74, 6) is 0.0720. The lowest BCUT2D eigenvalue weighted by Gasteiger charge is -2.17. The van der Waals surface area contributed by atoms with Crippen LogP contribution in [-0.2, 0) is 10.0 Å². The predicted octanol–water partition coefficient (Wildman–Crippen LogP) is 3.47. The summed E-state index contributed by atoms with van der Waals surface area (Å²) in [4.78, 5) is 4.60. The van der Waals surface area contributed by atoms with Gasteiger partial charge in [-0.3, -0.25) is 9.71 Å². The molecule has 2 heterocycles. The number of nitriles is 1. The van der Waals surface area contributed by atoms with E-state index in [-0.39, 0.29) is 5.92 Å². The first-order valence-electron chi connectivity index (χ1n) is 8.94. The number of aromatic nitrogens is 3. The topological polar surface area (TPSA) is 100 Å². The third kappa shape index (κ3) is 3.62. The molecule has 0 radical (unpaired) electrons. The van der Waals surface area contributed by atoms with E-state index in [0.29, 0.717) is 5.69 Å². The molecule has 7 nitrogen and oxygen atoms in total. The van der Waals surface area contributed by atoms with Gasteiger partial charge in [0, 0.05) is 23.6 Å². The van der Waals surface area contributed by atoms with Crippen molar-refractivity contribution in [3.05, 3.63) is 54.6 Å². The summed E-state index contributed by atoms with van der Waals surface area (Å²) in [7, 11) is -3.31. The maximum Gasteiger partial charge on any atom is 0.229 e. The Kier molecular flexibility index (Phi) is 4.61. The van der Waals surface area contributed by atoms with Crippen LogP contribution in [-0.4, -0.2) is 29.3 Å². The maximum atomic E-state index is 11.4. The van der Waals surface area contributed by atoms with Crippen LogP contribution in [0.2, 0.25) is 0 Å². The van der Waals surface area contributed by atoms with E-state index in [4.69, 9.17) is 5.26 Å². The molecule has 0 bridgehead atoms. The van der Waals surface area contributed by atoms with E-state index in [1.807, 2.05) is 18.3 Å². The summed E-state index contributed by atoms with van der Waals surface area (Å²) in [5.41, 5.74) is 5.29. The first kappa shape index (κ1) is 18.2. The highest BCUT2D eigenvalue weighted by Crippen LogP contribution is 2.35. The van der Waals surface area contributed by atoms with Crippen molar-refractivity contribution >= 4 is 26.8 Å². The zero-order valence-electron chi connectivity index (χ0n) is 15.3. The number of hydrogen-bond acceptors (Lipinski definition) is 5. The fraction of sp³-hybridized carbons (Fsp3) is 0.250. The van der Waals surface area contributed by atoms with Crippen LogP contribution in [0.4, 0.5) is 5.69 Å². The summed E-state index contributed by atoms with van der Waals surface area (Å²) in [5, 5.41) is 13.6. The van der Waals surface area contributed by atoms with Gasteiger partial charge >= 0.3 is 0 Å². The van der Waals surface area contributed by atoms with Crippen LogP contribution in [0, 0.1) is 17.2 Å². The first-order valence-corrected chi connectivity index (χ1v) is 10.8. The Morgan fingerprint density at radius 3 is 2.71 bits per heavy atom. The number of hydrogen-bond donors (Lipinski definition) is 1. The number of allylic oxidation sites excluding steroid dienone is 2. The second-order valence-electron chi connectivity index (χ2n) is 6.91. The molecule has 2 aromatic heterocycles. The van der Waals surface area contributed by atoms with Crippen LogP contribution < -0.4 is 4.72 Å². The minimum Gasteiger partial charge on any atom is -0.284 e. The molecular formula is C20H19N5O2S. The van der Waals surface area contributed by atoms with Gasteiger partial charge in [0.2, 0.25) is 10.0 Å². The quantitative estimate of drug-likeness (QED) is 0.731. The molecule has 0 spiro atoms. The molecule has 0 amide bonds. The van der Waals surface area contributed by atoms with Crippen molar-refractivity contribution in [2.24, 2.45) is 5.92 Å². The number of anilines is 1. The van der Waals surface area contributed by atoms with Crippen molar-refractivity contribution in [2.75, 3.05) is 11.0 Å². The number of sulfonamides is 1. The largest absolute Gasteiger partial charge is 0.284 e. The van der Waals surface area contributed by atoms with E-state index in [1.165, 1.54) is 0 Å².